The van der Waals surface area contributed by atoms with E-state index in [4.69, 9.17) is 5.26 Å². The largest absolute Gasteiger partial charge is 0.337 e. The number of nitrogens with zero attached hydrogens (tertiary/aromatic N) is 3. The van der Waals surface area contributed by atoms with E-state index in [-0.39, 0.29) is 17.3 Å². The molecule has 0 radical (unpaired) electrons. The molecule has 1 saturated heterocycles. The van der Waals surface area contributed by atoms with E-state index in [1.54, 1.807) is 17.0 Å². The van der Waals surface area contributed by atoms with Gasteiger partial charge in [-0.05, 0) is 42.3 Å². The molecule has 1 amide bonds. The van der Waals surface area contributed by atoms with Crippen LogP contribution >= 0.6 is 0 Å². The molecule has 0 bridgehead atoms. The molecule has 0 atom stereocenters. The summed E-state index contributed by atoms with van der Waals surface area (Å²) in [5, 5.41) is 8.92. The molecule has 0 saturated carbocycles. The third-order valence-electron chi connectivity index (χ3n) is 5.17. The molecule has 0 unspecified atom stereocenters. The molecule has 0 aliphatic carbocycles. The molecule has 2 aromatic carbocycles. The van der Waals surface area contributed by atoms with E-state index in [9.17, 15) is 13.2 Å². The summed E-state index contributed by atoms with van der Waals surface area (Å²) in [6, 6.07) is 15.8. The average Bonchev–Trinajstić information content (AvgIpc) is 3.03. The van der Waals surface area contributed by atoms with E-state index in [1.807, 2.05) is 24.3 Å². The van der Waals surface area contributed by atoms with Crippen LogP contribution in [-0.2, 0) is 16.6 Å². The lowest BCUT2D eigenvalue weighted by molar-refractivity contribution is 0.0761. The van der Waals surface area contributed by atoms with Crippen LogP contribution in [-0.4, -0.2) is 56.8 Å². The van der Waals surface area contributed by atoms with Crippen LogP contribution < -0.4 is 4.72 Å². The van der Waals surface area contributed by atoms with Crippen molar-refractivity contribution in [3.63, 3.8) is 0 Å². The monoisotopic (exact) mass is 438 g/mol. The van der Waals surface area contributed by atoms with E-state index < -0.39 is 10.0 Å². The van der Waals surface area contributed by atoms with Gasteiger partial charge in [-0.25, -0.2) is 13.1 Å². The number of sulfonamides is 1. The SMILES string of the molecule is C=CCNS(=O)(=O)c1cccc(C(=O)N2CCCN(Cc3ccc(C#N)cc3)CC2)c1. The minimum Gasteiger partial charge on any atom is -0.337 e. The first-order chi connectivity index (χ1) is 14.9. The molecule has 31 heavy (non-hydrogen) atoms. The molecule has 1 heterocycles. The second kappa shape index (κ2) is 10.4. The third-order valence-corrected chi connectivity index (χ3v) is 6.60. The zero-order valence-electron chi connectivity index (χ0n) is 17.3. The molecule has 1 fully saturated rings. The molecular weight excluding hydrogens is 412 g/mol. The summed E-state index contributed by atoms with van der Waals surface area (Å²) >= 11 is 0. The predicted molar refractivity (Wildman–Crippen MR) is 119 cm³/mol. The van der Waals surface area contributed by atoms with Crippen LogP contribution in [0.2, 0.25) is 0 Å². The zero-order valence-corrected chi connectivity index (χ0v) is 18.1. The van der Waals surface area contributed by atoms with Crippen molar-refractivity contribution in [2.24, 2.45) is 0 Å². The number of carbonyl (C=O) groups excluding carboxylic acids is 1. The lowest BCUT2D eigenvalue weighted by Crippen LogP contribution is -2.35. The Bertz CT molecular complexity index is 1070. The van der Waals surface area contributed by atoms with Gasteiger partial charge in [0.2, 0.25) is 10.0 Å². The van der Waals surface area contributed by atoms with Crippen LogP contribution in [0.3, 0.4) is 0 Å². The van der Waals surface area contributed by atoms with Gasteiger partial charge in [0, 0.05) is 44.8 Å². The maximum atomic E-state index is 13.0. The molecule has 3 rings (SSSR count). The summed E-state index contributed by atoms with van der Waals surface area (Å²) < 4.78 is 27.1. The Morgan fingerprint density at radius 2 is 1.90 bits per heavy atom. The average molecular weight is 439 g/mol. The van der Waals surface area contributed by atoms with Gasteiger partial charge in [-0.15, -0.1) is 6.58 Å². The number of rotatable bonds is 7. The molecule has 162 valence electrons. The van der Waals surface area contributed by atoms with Crippen molar-refractivity contribution in [3.8, 4) is 6.07 Å². The lowest BCUT2D eigenvalue weighted by Gasteiger charge is -2.22. The molecule has 7 nitrogen and oxygen atoms in total. The first kappa shape index (κ1) is 22.7. The van der Waals surface area contributed by atoms with E-state index in [2.05, 4.69) is 22.3 Å². The topological polar surface area (TPSA) is 93.5 Å². The number of hydrogen-bond donors (Lipinski definition) is 1. The van der Waals surface area contributed by atoms with Crippen LogP contribution in [0.5, 0.6) is 0 Å². The van der Waals surface area contributed by atoms with E-state index in [0.717, 1.165) is 31.6 Å². The number of hydrogen-bond acceptors (Lipinski definition) is 5. The van der Waals surface area contributed by atoms with Gasteiger partial charge in [-0.3, -0.25) is 9.69 Å². The van der Waals surface area contributed by atoms with Gasteiger partial charge >= 0.3 is 0 Å². The fourth-order valence-corrected chi connectivity index (χ4v) is 4.55. The van der Waals surface area contributed by atoms with Gasteiger partial charge < -0.3 is 4.90 Å². The number of amides is 1. The predicted octanol–water partition coefficient (Wildman–Crippen LogP) is 2.37. The quantitative estimate of drug-likeness (QED) is 0.670. The molecule has 0 spiro atoms. The normalized spacial score (nSPS) is 15.1. The second-order valence-electron chi connectivity index (χ2n) is 7.40. The fourth-order valence-electron chi connectivity index (χ4n) is 3.51. The first-order valence-corrected chi connectivity index (χ1v) is 11.6. The molecule has 1 aliphatic heterocycles. The highest BCUT2D eigenvalue weighted by atomic mass is 32.2. The molecule has 2 aromatic rings. The maximum absolute atomic E-state index is 13.0. The highest BCUT2D eigenvalue weighted by molar-refractivity contribution is 7.89. The first-order valence-electron chi connectivity index (χ1n) is 10.1. The van der Waals surface area contributed by atoms with Crippen LogP contribution in [0.1, 0.15) is 27.9 Å². The van der Waals surface area contributed by atoms with Crippen molar-refractivity contribution in [2.75, 3.05) is 32.7 Å². The summed E-state index contributed by atoms with van der Waals surface area (Å²) in [6.45, 7) is 7.18. The highest BCUT2D eigenvalue weighted by Crippen LogP contribution is 2.16. The number of nitrogens with one attached hydrogen (secondary N) is 1. The Hall–Kier alpha value is -2.99. The van der Waals surface area contributed by atoms with Crippen LogP contribution in [0.25, 0.3) is 0 Å². The van der Waals surface area contributed by atoms with Crippen LogP contribution in [0.4, 0.5) is 0 Å². The Morgan fingerprint density at radius 1 is 1.13 bits per heavy atom. The molecule has 8 heteroatoms. The van der Waals surface area contributed by atoms with Gasteiger partial charge in [-0.2, -0.15) is 5.26 Å². The Labute approximate surface area is 183 Å². The van der Waals surface area contributed by atoms with Gasteiger partial charge in [0.1, 0.15) is 0 Å². The Balaban J connectivity index is 1.64. The molecule has 1 aliphatic rings. The van der Waals surface area contributed by atoms with Crippen LogP contribution in [0, 0.1) is 11.3 Å². The molecule has 0 aromatic heterocycles. The molecular formula is C23H26N4O3S. The lowest BCUT2D eigenvalue weighted by atomic mass is 10.1. The summed E-state index contributed by atoms with van der Waals surface area (Å²) in [7, 11) is -3.69. The second-order valence-corrected chi connectivity index (χ2v) is 9.17. The van der Waals surface area contributed by atoms with Gasteiger partial charge in [0.15, 0.2) is 0 Å². The van der Waals surface area contributed by atoms with Crippen molar-refractivity contribution in [1.29, 1.82) is 5.26 Å². The van der Waals surface area contributed by atoms with Gasteiger partial charge in [0.05, 0.1) is 16.5 Å². The van der Waals surface area contributed by atoms with E-state index in [1.165, 1.54) is 18.2 Å². The van der Waals surface area contributed by atoms with Crippen molar-refractivity contribution < 1.29 is 13.2 Å². The van der Waals surface area contributed by atoms with E-state index >= 15 is 0 Å². The third kappa shape index (κ3) is 6.01. The minimum atomic E-state index is -3.69. The summed E-state index contributed by atoms with van der Waals surface area (Å²) in [6.07, 6.45) is 2.30. The van der Waals surface area contributed by atoms with Gasteiger partial charge in [0.25, 0.3) is 5.91 Å². The van der Waals surface area contributed by atoms with Crippen molar-refractivity contribution in [3.05, 3.63) is 77.9 Å². The van der Waals surface area contributed by atoms with Crippen molar-refractivity contribution >= 4 is 15.9 Å². The Morgan fingerprint density at radius 3 is 2.61 bits per heavy atom. The molecule has 1 N–H and O–H groups in total. The Kier molecular flexibility index (Phi) is 7.58. The van der Waals surface area contributed by atoms with Crippen molar-refractivity contribution in [1.82, 2.24) is 14.5 Å². The minimum absolute atomic E-state index is 0.0671. The van der Waals surface area contributed by atoms with Crippen molar-refractivity contribution in [2.45, 2.75) is 17.9 Å². The smallest absolute Gasteiger partial charge is 0.253 e. The highest BCUT2D eigenvalue weighted by Gasteiger charge is 2.22. The standard InChI is InChI=1S/C23H26N4O3S/c1-2-11-25-31(29,30)22-6-3-5-21(16-22)23(28)27-13-4-12-26(14-15-27)18-20-9-7-19(17-24)8-10-20/h2-3,5-10,16,25H,1,4,11-15,18H2. The fraction of sp³-hybridized carbons (Fsp3) is 0.304. The number of carbonyl (C=O) groups is 1. The maximum Gasteiger partial charge on any atom is 0.253 e. The summed E-state index contributed by atoms with van der Waals surface area (Å²) in [4.78, 5) is 17.2. The van der Waals surface area contributed by atoms with Crippen LogP contribution in [0.15, 0.2) is 66.1 Å². The zero-order chi connectivity index (χ0) is 22.3. The van der Waals surface area contributed by atoms with E-state index in [0.29, 0.717) is 24.2 Å². The summed E-state index contributed by atoms with van der Waals surface area (Å²) in [5.74, 6) is -0.166. The number of nitriles is 1. The van der Waals surface area contributed by atoms with Gasteiger partial charge in [-0.1, -0.05) is 24.3 Å². The number of benzene rings is 2. The summed E-state index contributed by atoms with van der Waals surface area (Å²) in [5.41, 5.74) is 2.13.